The van der Waals surface area contributed by atoms with E-state index in [4.69, 9.17) is 0 Å². The van der Waals surface area contributed by atoms with Crippen molar-refractivity contribution in [1.29, 1.82) is 0 Å². The van der Waals surface area contributed by atoms with Crippen molar-refractivity contribution in [2.75, 3.05) is 18.9 Å². The maximum absolute atomic E-state index is 12.5. The summed E-state index contributed by atoms with van der Waals surface area (Å²) in [6.45, 7) is 1.11. The van der Waals surface area contributed by atoms with E-state index in [1.165, 1.54) is 0 Å². The molecule has 6 nitrogen and oxygen atoms in total. The minimum Gasteiger partial charge on any atom is -0.373 e. The quantitative estimate of drug-likeness (QED) is 0.928. The number of carbonyl (C=O) groups is 1. The number of nitrogens with one attached hydrogen (secondary N) is 1. The zero-order chi connectivity index (χ0) is 14.7. The van der Waals surface area contributed by atoms with Crippen molar-refractivity contribution >= 4 is 11.7 Å². The highest BCUT2D eigenvalue weighted by atomic mass is 16.2. The molecule has 0 bridgehead atoms. The monoisotopic (exact) mass is 285 g/mol. The van der Waals surface area contributed by atoms with Crippen molar-refractivity contribution in [3.8, 4) is 0 Å². The number of pyridine rings is 1. The van der Waals surface area contributed by atoms with Gasteiger partial charge in [0.15, 0.2) is 0 Å². The SMILES string of the molecule is CNc1cc(C2CCCN2C(=O)Cn2cccn2)ccn1. The molecule has 2 aromatic rings. The number of anilines is 1. The van der Waals surface area contributed by atoms with Crippen molar-refractivity contribution in [2.45, 2.75) is 25.4 Å². The molecule has 2 aromatic heterocycles. The highest BCUT2D eigenvalue weighted by molar-refractivity contribution is 5.76. The number of nitrogens with zero attached hydrogens (tertiary/aromatic N) is 4. The fourth-order valence-corrected chi connectivity index (χ4v) is 2.83. The Labute approximate surface area is 123 Å². The highest BCUT2D eigenvalue weighted by Gasteiger charge is 2.30. The molecule has 1 N–H and O–H groups in total. The summed E-state index contributed by atoms with van der Waals surface area (Å²) in [6, 6.07) is 5.98. The molecule has 1 aliphatic heterocycles. The lowest BCUT2D eigenvalue weighted by Gasteiger charge is -2.25. The number of likely N-dealkylation sites (tertiary alicyclic amines) is 1. The van der Waals surface area contributed by atoms with Gasteiger partial charge in [-0.25, -0.2) is 4.98 Å². The van der Waals surface area contributed by atoms with E-state index in [0.717, 1.165) is 30.8 Å². The summed E-state index contributed by atoms with van der Waals surface area (Å²) in [5, 5.41) is 7.14. The molecule has 1 fully saturated rings. The lowest BCUT2D eigenvalue weighted by atomic mass is 10.1. The average molecular weight is 285 g/mol. The summed E-state index contributed by atoms with van der Waals surface area (Å²) < 4.78 is 1.67. The van der Waals surface area contributed by atoms with Crippen LogP contribution in [0.2, 0.25) is 0 Å². The molecule has 1 unspecified atom stereocenters. The topological polar surface area (TPSA) is 63.1 Å². The van der Waals surface area contributed by atoms with Gasteiger partial charge in [0.25, 0.3) is 0 Å². The van der Waals surface area contributed by atoms with Gasteiger partial charge < -0.3 is 10.2 Å². The fraction of sp³-hybridized carbons (Fsp3) is 0.400. The largest absolute Gasteiger partial charge is 0.373 e. The lowest BCUT2D eigenvalue weighted by Crippen LogP contribution is -2.33. The van der Waals surface area contributed by atoms with E-state index in [0.29, 0.717) is 6.54 Å². The Hall–Kier alpha value is -2.37. The smallest absolute Gasteiger partial charge is 0.244 e. The molecule has 0 saturated carbocycles. The van der Waals surface area contributed by atoms with Gasteiger partial charge in [-0.2, -0.15) is 5.10 Å². The van der Waals surface area contributed by atoms with E-state index < -0.39 is 0 Å². The Balaban J connectivity index is 1.76. The lowest BCUT2D eigenvalue weighted by molar-refractivity contribution is -0.133. The molecule has 0 radical (unpaired) electrons. The maximum Gasteiger partial charge on any atom is 0.244 e. The predicted octanol–water partition coefficient (Wildman–Crippen LogP) is 1.68. The maximum atomic E-state index is 12.5. The third kappa shape index (κ3) is 2.89. The number of carbonyl (C=O) groups excluding carboxylic acids is 1. The van der Waals surface area contributed by atoms with Crippen LogP contribution in [0.3, 0.4) is 0 Å². The van der Waals surface area contributed by atoms with E-state index in [1.54, 1.807) is 17.1 Å². The fourth-order valence-electron chi connectivity index (χ4n) is 2.83. The average Bonchev–Trinajstić information content (AvgIpc) is 3.18. The van der Waals surface area contributed by atoms with E-state index in [2.05, 4.69) is 15.4 Å². The Kier molecular flexibility index (Phi) is 3.85. The van der Waals surface area contributed by atoms with Crippen molar-refractivity contribution in [3.05, 3.63) is 42.4 Å². The number of hydrogen-bond donors (Lipinski definition) is 1. The molecule has 1 aliphatic rings. The summed E-state index contributed by atoms with van der Waals surface area (Å²) in [7, 11) is 1.85. The summed E-state index contributed by atoms with van der Waals surface area (Å²) in [6.07, 6.45) is 7.33. The van der Waals surface area contributed by atoms with E-state index in [-0.39, 0.29) is 11.9 Å². The Morgan fingerprint density at radius 1 is 1.48 bits per heavy atom. The van der Waals surface area contributed by atoms with E-state index >= 15 is 0 Å². The molecule has 6 heteroatoms. The molecule has 3 heterocycles. The van der Waals surface area contributed by atoms with Crippen molar-refractivity contribution in [1.82, 2.24) is 19.7 Å². The minimum absolute atomic E-state index is 0.115. The Morgan fingerprint density at radius 2 is 2.38 bits per heavy atom. The van der Waals surface area contributed by atoms with Crippen LogP contribution in [-0.4, -0.2) is 39.2 Å². The molecule has 0 aromatic carbocycles. The summed E-state index contributed by atoms with van der Waals surface area (Å²) >= 11 is 0. The molecule has 1 atom stereocenters. The summed E-state index contributed by atoms with van der Waals surface area (Å²) in [5.74, 6) is 0.947. The third-order valence-corrected chi connectivity index (χ3v) is 3.85. The van der Waals surface area contributed by atoms with Crippen molar-refractivity contribution < 1.29 is 4.79 Å². The molecular weight excluding hydrogens is 266 g/mol. The first kappa shape index (κ1) is 13.6. The van der Waals surface area contributed by atoms with Gasteiger partial charge in [-0.05, 0) is 36.6 Å². The second kappa shape index (κ2) is 5.95. The van der Waals surface area contributed by atoms with Gasteiger partial charge in [0.2, 0.25) is 5.91 Å². The second-order valence-electron chi connectivity index (χ2n) is 5.17. The summed E-state index contributed by atoms with van der Waals surface area (Å²) in [4.78, 5) is 18.7. The Bertz CT molecular complexity index is 610. The minimum atomic E-state index is 0.115. The number of hydrogen-bond acceptors (Lipinski definition) is 4. The number of rotatable bonds is 4. The molecule has 1 saturated heterocycles. The first-order chi connectivity index (χ1) is 10.3. The molecule has 110 valence electrons. The van der Waals surface area contributed by atoms with Crippen molar-refractivity contribution in [3.63, 3.8) is 0 Å². The zero-order valence-corrected chi connectivity index (χ0v) is 12.1. The predicted molar refractivity (Wildman–Crippen MR) is 79.7 cm³/mol. The molecule has 0 spiro atoms. The standard InChI is InChI=1S/C15H19N5O/c1-16-14-10-12(5-7-17-14)13-4-2-9-20(13)15(21)11-19-8-3-6-18-19/h3,5-8,10,13H,2,4,9,11H2,1H3,(H,16,17). The van der Waals surface area contributed by atoms with Crippen LogP contribution in [0.15, 0.2) is 36.8 Å². The van der Waals surface area contributed by atoms with Crippen LogP contribution < -0.4 is 5.32 Å². The molecular formula is C15H19N5O. The second-order valence-corrected chi connectivity index (χ2v) is 5.17. The molecule has 3 rings (SSSR count). The van der Waals surface area contributed by atoms with Gasteiger partial charge in [-0.15, -0.1) is 0 Å². The zero-order valence-electron chi connectivity index (χ0n) is 12.1. The Morgan fingerprint density at radius 3 is 3.14 bits per heavy atom. The van der Waals surface area contributed by atoms with Gasteiger partial charge in [0.1, 0.15) is 12.4 Å². The van der Waals surface area contributed by atoms with Gasteiger partial charge in [0.05, 0.1) is 6.04 Å². The van der Waals surface area contributed by atoms with Gasteiger partial charge in [0, 0.05) is 32.2 Å². The van der Waals surface area contributed by atoms with Crippen molar-refractivity contribution in [2.24, 2.45) is 0 Å². The highest BCUT2D eigenvalue weighted by Crippen LogP contribution is 2.32. The van der Waals surface area contributed by atoms with Gasteiger partial charge >= 0.3 is 0 Å². The van der Waals surface area contributed by atoms with Crippen LogP contribution in [0.4, 0.5) is 5.82 Å². The molecule has 1 amide bonds. The van der Waals surface area contributed by atoms with Gasteiger partial charge in [-0.3, -0.25) is 9.48 Å². The number of aromatic nitrogens is 3. The van der Waals surface area contributed by atoms with E-state index in [1.807, 2.05) is 36.3 Å². The first-order valence-electron chi connectivity index (χ1n) is 7.18. The van der Waals surface area contributed by atoms with Crippen LogP contribution in [0.25, 0.3) is 0 Å². The van der Waals surface area contributed by atoms with Crippen LogP contribution in [-0.2, 0) is 11.3 Å². The normalized spacial score (nSPS) is 18.0. The number of amides is 1. The van der Waals surface area contributed by atoms with Crippen LogP contribution in [0.1, 0.15) is 24.4 Å². The summed E-state index contributed by atoms with van der Waals surface area (Å²) in [5.41, 5.74) is 1.14. The van der Waals surface area contributed by atoms with Gasteiger partial charge in [-0.1, -0.05) is 0 Å². The van der Waals surface area contributed by atoms with E-state index in [9.17, 15) is 4.79 Å². The van der Waals surface area contributed by atoms with Crippen LogP contribution >= 0.6 is 0 Å². The van der Waals surface area contributed by atoms with Crippen LogP contribution in [0, 0.1) is 0 Å². The molecule has 21 heavy (non-hydrogen) atoms. The first-order valence-corrected chi connectivity index (χ1v) is 7.18. The third-order valence-electron chi connectivity index (χ3n) is 3.85. The molecule has 0 aliphatic carbocycles. The van der Waals surface area contributed by atoms with Crippen LogP contribution in [0.5, 0.6) is 0 Å².